The van der Waals surface area contributed by atoms with Crippen molar-refractivity contribution in [2.45, 2.75) is 14.7 Å². The van der Waals surface area contributed by atoms with Crippen LogP contribution in [-0.2, 0) is 39.6 Å². The summed E-state index contributed by atoms with van der Waals surface area (Å²) in [6, 6.07) is 45.8. The Labute approximate surface area is 578 Å². The number of H-pyrrole nitrogens is 2. The molecule has 0 aliphatic rings. The maximum atomic E-state index is 13.2. The number of esters is 1. The van der Waals surface area contributed by atoms with Gasteiger partial charge in [0.2, 0.25) is 0 Å². The fourth-order valence-electron chi connectivity index (χ4n) is 10.2. The van der Waals surface area contributed by atoms with Gasteiger partial charge in [-0.15, -0.1) is 0 Å². The Kier molecular flexibility index (Phi) is 22.7. The number of rotatable bonds is 19. The van der Waals surface area contributed by atoms with Crippen molar-refractivity contribution in [1.29, 1.82) is 0 Å². The summed E-state index contributed by atoms with van der Waals surface area (Å²) in [7, 11) is 1.86. The summed E-state index contributed by atoms with van der Waals surface area (Å²) in [6.07, 6.45) is 7.15. The maximum absolute atomic E-state index is 13.2. The van der Waals surface area contributed by atoms with Crippen LogP contribution in [0.2, 0.25) is 0 Å². The number of ether oxygens (including phenoxy) is 9. The molecule has 0 saturated carbocycles. The smallest absolute Gasteiger partial charge is 0.325 e. The molecule has 0 aliphatic heterocycles. The Morgan fingerprint density at radius 3 is 1.24 bits per heavy atom. The number of nitro groups is 2. The molecule has 0 bridgehead atoms. The van der Waals surface area contributed by atoms with E-state index in [2.05, 4.69) is 20.0 Å². The van der Waals surface area contributed by atoms with Crippen LogP contribution in [0, 0.1) is 20.2 Å². The van der Waals surface area contributed by atoms with Crippen LogP contribution < -0.4 is 48.9 Å². The minimum absolute atomic E-state index is 0.00378. The molecule has 526 valence electrons. The number of nitrogens with two attached hydrogens (primary N) is 1. The van der Waals surface area contributed by atoms with Crippen LogP contribution in [0.1, 0.15) is 0 Å². The largest absolute Gasteiger partial charge is 0.497 e. The molecule has 29 nitrogen and oxygen atoms in total. The fourth-order valence-corrected chi connectivity index (χ4v) is 14.3. The highest BCUT2D eigenvalue weighted by Gasteiger charge is 2.28. The highest BCUT2D eigenvalue weighted by atomic mass is 32.2. The third-order valence-electron chi connectivity index (χ3n) is 15.5. The van der Waals surface area contributed by atoms with Crippen molar-refractivity contribution in [2.24, 2.45) is 0 Å². The third kappa shape index (κ3) is 15.9. The van der Waals surface area contributed by atoms with Gasteiger partial charge in [-0.1, -0.05) is 0 Å². The zero-order valence-electron chi connectivity index (χ0n) is 55.5. The molecule has 101 heavy (non-hydrogen) atoms. The van der Waals surface area contributed by atoms with E-state index >= 15 is 0 Å². The Bertz CT molecular complexity index is 5500. The van der Waals surface area contributed by atoms with Crippen molar-refractivity contribution < 1.29 is 82.5 Å². The van der Waals surface area contributed by atoms with Crippen LogP contribution in [0.3, 0.4) is 0 Å². The first-order chi connectivity index (χ1) is 48.4. The number of carbonyl (C=O) groups is 1. The highest BCUT2D eigenvalue weighted by molar-refractivity contribution is 7.90. The third-order valence-corrected chi connectivity index (χ3v) is 20.5. The number of nitrogens with zero attached hydrogens (tertiary/aromatic N) is 5. The predicted octanol–water partition coefficient (Wildman–Crippen LogP) is 12.0. The van der Waals surface area contributed by atoms with Gasteiger partial charge in [0.25, 0.3) is 41.4 Å². The minimum atomic E-state index is -4.01. The number of aromatic nitrogens is 5. The standard InChI is InChI=1S/C19H20N2O6S.C16H14N2O6S.C16H16N2O4S.C9H8N2O3.C9H9NO/c1-25-13-4-7-15(8-5-13)28(23,24)21-12-17(20-11-19(22)27-3)16-10-14(26-2)6-9-18(16)21;1-23-11-3-6-13(7-4-11)25(21,22)17-10-16(18(19)20)14-9-12(24-2)5-8-15(14)17;1-21-11-3-6-13(7-4-11)23(19,20)18-10-15(17)14-9-12(22-2)5-8-16(14)18;1-14-6-2-3-8-7(4-6)9(5-10-8)11(12)13;1-11-8-2-3-9-7(6-8)4-5-10-9/h4-10,12,20H,11H2,1-3H3;3-10H,1-2H3;3-10H,17H2,1-2H3;2-5,10H,1H3;2-6,10H,1H3. The number of carbonyl (C=O) groups excluding carboxylic acids is 1. The van der Waals surface area contributed by atoms with Gasteiger partial charge in [0.15, 0.2) is 0 Å². The maximum Gasteiger partial charge on any atom is 0.325 e. The molecule has 5 heterocycles. The van der Waals surface area contributed by atoms with Crippen molar-refractivity contribution in [3.05, 3.63) is 221 Å². The van der Waals surface area contributed by atoms with Crippen molar-refractivity contribution >= 4 is 113 Å². The topological polar surface area (TPSA) is 373 Å². The van der Waals surface area contributed by atoms with E-state index in [0.29, 0.717) is 78.8 Å². The normalized spacial score (nSPS) is 11.1. The minimum Gasteiger partial charge on any atom is -0.497 e. The lowest BCUT2D eigenvalue weighted by Gasteiger charge is -2.08. The Morgan fingerprint density at radius 2 is 0.792 bits per heavy atom. The summed E-state index contributed by atoms with van der Waals surface area (Å²) in [6.45, 7) is -0.102. The van der Waals surface area contributed by atoms with E-state index in [1.54, 1.807) is 99.1 Å². The van der Waals surface area contributed by atoms with Crippen molar-refractivity contribution in [2.75, 3.05) is 81.6 Å². The molecule has 0 amide bonds. The van der Waals surface area contributed by atoms with E-state index in [-0.39, 0.29) is 43.5 Å². The van der Waals surface area contributed by atoms with Gasteiger partial charge in [0, 0.05) is 40.3 Å². The Hall–Kier alpha value is -12.4. The second-order valence-corrected chi connectivity index (χ2v) is 26.6. The average Bonchev–Trinajstić information content (AvgIpc) is 1.64. The predicted molar refractivity (Wildman–Crippen MR) is 380 cm³/mol. The van der Waals surface area contributed by atoms with Gasteiger partial charge in [0.1, 0.15) is 52.5 Å². The summed E-state index contributed by atoms with van der Waals surface area (Å²) >= 11 is 0. The van der Waals surface area contributed by atoms with E-state index in [9.17, 15) is 50.3 Å². The second-order valence-electron chi connectivity index (χ2n) is 21.2. The molecule has 0 radical (unpaired) electrons. The number of nitrogen functional groups attached to an aromatic ring is 1. The van der Waals surface area contributed by atoms with Gasteiger partial charge in [-0.2, -0.15) is 0 Å². The van der Waals surface area contributed by atoms with E-state index in [0.717, 1.165) is 27.0 Å². The number of benzene rings is 8. The van der Waals surface area contributed by atoms with Crippen molar-refractivity contribution in [3.8, 4) is 46.0 Å². The van der Waals surface area contributed by atoms with Crippen LogP contribution in [0.4, 0.5) is 22.7 Å². The number of hydrogen-bond acceptors (Lipinski definition) is 22. The second kappa shape index (κ2) is 31.4. The number of fused-ring (bicyclic) bond motifs is 5. The molecular formula is C69H67N9O20S3. The molecule has 0 unspecified atom stereocenters. The first kappa shape index (κ1) is 72.8. The molecule has 0 fully saturated rings. The number of methoxy groups -OCH3 is 9. The molecule has 8 aromatic carbocycles. The number of aromatic amines is 2. The van der Waals surface area contributed by atoms with Gasteiger partial charge < -0.3 is 63.7 Å². The van der Waals surface area contributed by atoms with Crippen LogP contribution in [0.5, 0.6) is 46.0 Å². The van der Waals surface area contributed by atoms with Crippen LogP contribution >= 0.6 is 0 Å². The molecule has 13 aromatic rings. The summed E-state index contributed by atoms with van der Waals surface area (Å²) in [5, 5.41) is 28.0. The van der Waals surface area contributed by atoms with Crippen LogP contribution in [0.25, 0.3) is 54.5 Å². The summed E-state index contributed by atoms with van der Waals surface area (Å²) in [5.74, 6) is 4.27. The van der Waals surface area contributed by atoms with Gasteiger partial charge >= 0.3 is 5.97 Å². The van der Waals surface area contributed by atoms with Crippen molar-refractivity contribution in [3.63, 3.8) is 0 Å². The monoisotopic (exact) mass is 1440 g/mol. The van der Waals surface area contributed by atoms with Crippen LogP contribution in [-0.4, -0.2) is 133 Å². The summed E-state index contributed by atoms with van der Waals surface area (Å²) in [5.41, 5.74) is 9.58. The molecule has 0 aliphatic carbocycles. The van der Waals surface area contributed by atoms with Gasteiger partial charge in [-0.05, 0) is 170 Å². The number of anilines is 2. The Morgan fingerprint density at radius 1 is 0.426 bits per heavy atom. The molecule has 0 saturated heterocycles. The van der Waals surface area contributed by atoms with E-state index in [1.807, 2.05) is 30.5 Å². The number of nitrogens with one attached hydrogen (secondary N) is 3. The first-order valence-electron chi connectivity index (χ1n) is 29.8. The van der Waals surface area contributed by atoms with Gasteiger partial charge in [-0.25, -0.2) is 37.2 Å². The first-order valence-corrected chi connectivity index (χ1v) is 34.1. The van der Waals surface area contributed by atoms with E-state index in [1.165, 1.54) is 142 Å². The van der Waals surface area contributed by atoms with Gasteiger partial charge in [0.05, 0.1) is 145 Å². The fraction of sp³-hybridized carbons (Fsp3) is 0.145. The lowest BCUT2D eigenvalue weighted by Crippen LogP contribution is -2.15. The molecular weight excluding hydrogens is 1370 g/mol. The van der Waals surface area contributed by atoms with E-state index < -0.39 is 45.9 Å². The lowest BCUT2D eigenvalue weighted by atomic mass is 10.2. The number of hydrogen-bond donors (Lipinski definition) is 4. The van der Waals surface area contributed by atoms with E-state index in [4.69, 9.17) is 43.6 Å². The highest BCUT2D eigenvalue weighted by Crippen LogP contribution is 2.37. The zero-order chi connectivity index (χ0) is 72.9. The average molecular weight is 1440 g/mol. The zero-order valence-corrected chi connectivity index (χ0v) is 57.9. The molecule has 5 aromatic heterocycles. The molecule has 5 N–H and O–H groups in total. The summed E-state index contributed by atoms with van der Waals surface area (Å²) < 4.78 is 126. The molecule has 32 heteroatoms. The molecule has 0 spiro atoms. The van der Waals surface area contributed by atoms with Gasteiger partial charge in [-0.3, -0.25) is 25.0 Å². The Balaban J connectivity index is 0.000000152. The lowest BCUT2D eigenvalue weighted by molar-refractivity contribution is -0.383. The molecule has 0 atom stereocenters. The quantitative estimate of drug-likeness (QED) is 0.0332. The summed E-state index contributed by atoms with van der Waals surface area (Å²) in [4.78, 5) is 38.6. The SMILES string of the molecule is COC(=O)CNc1cn(S(=O)(=O)c2ccc(OC)cc2)c2ccc(OC)cc12.COc1ccc(S(=O)(=O)n2cc(N)c3cc(OC)ccc32)cc1.COc1ccc(S(=O)(=O)n2cc([N+](=O)[O-])c3cc(OC)ccc32)cc1.COc1ccc2[nH]cc([N+](=O)[O-])c2c1.COc1ccc2[nH]ccc2c1. The molecule has 13 rings (SSSR count). The van der Waals surface area contributed by atoms with Crippen molar-refractivity contribution in [1.82, 2.24) is 21.9 Å². The van der Waals surface area contributed by atoms with Crippen LogP contribution in [0.15, 0.2) is 216 Å².